The van der Waals surface area contributed by atoms with Gasteiger partial charge in [-0.1, -0.05) is 11.6 Å². The fourth-order valence-electron chi connectivity index (χ4n) is 0.775. The second-order valence-electron chi connectivity index (χ2n) is 2.62. The standard InChI is InChI=1S/C9H10ClNOS/c1-6(9(11)12)13-8-4-2-7(10)3-5-8/h2-6H,1H3,(H2,11,12)/t6-/m1/s1. The molecule has 0 saturated carbocycles. The van der Waals surface area contributed by atoms with Gasteiger partial charge in [0, 0.05) is 9.92 Å². The van der Waals surface area contributed by atoms with Crippen molar-refractivity contribution >= 4 is 29.3 Å². The monoisotopic (exact) mass is 215 g/mol. The Labute approximate surface area is 86.5 Å². The number of hydrogen-bond acceptors (Lipinski definition) is 2. The summed E-state index contributed by atoms with van der Waals surface area (Å²) in [6.45, 7) is 1.78. The third kappa shape index (κ3) is 3.28. The molecule has 1 atom stereocenters. The lowest BCUT2D eigenvalue weighted by molar-refractivity contribution is -0.117. The molecule has 0 heterocycles. The molecule has 2 nitrogen and oxygen atoms in total. The molecule has 0 bridgehead atoms. The summed E-state index contributed by atoms with van der Waals surface area (Å²) in [5, 5.41) is 0.484. The first-order chi connectivity index (χ1) is 6.09. The van der Waals surface area contributed by atoms with E-state index in [0.29, 0.717) is 5.02 Å². The van der Waals surface area contributed by atoms with Crippen LogP contribution in [0.4, 0.5) is 0 Å². The molecule has 1 rings (SSSR count). The van der Waals surface area contributed by atoms with E-state index >= 15 is 0 Å². The molecule has 13 heavy (non-hydrogen) atoms. The van der Waals surface area contributed by atoms with Crippen molar-refractivity contribution in [3.05, 3.63) is 29.3 Å². The summed E-state index contributed by atoms with van der Waals surface area (Å²) >= 11 is 7.14. The van der Waals surface area contributed by atoms with Gasteiger partial charge in [-0.25, -0.2) is 0 Å². The minimum absolute atomic E-state index is 0.207. The zero-order valence-corrected chi connectivity index (χ0v) is 8.73. The van der Waals surface area contributed by atoms with Crippen LogP contribution in [0, 0.1) is 0 Å². The average Bonchev–Trinajstić information content (AvgIpc) is 2.08. The van der Waals surface area contributed by atoms with Gasteiger partial charge in [-0.3, -0.25) is 4.79 Å². The van der Waals surface area contributed by atoms with Crippen LogP contribution in [0.2, 0.25) is 5.02 Å². The highest BCUT2D eigenvalue weighted by molar-refractivity contribution is 8.00. The van der Waals surface area contributed by atoms with Crippen molar-refractivity contribution in [1.82, 2.24) is 0 Å². The Morgan fingerprint density at radius 2 is 2.00 bits per heavy atom. The molecule has 0 saturated heterocycles. The third-order valence-corrected chi connectivity index (χ3v) is 2.91. The normalized spacial score (nSPS) is 12.5. The molecule has 1 aromatic rings. The van der Waals surface area contributed by atoms with Crippen molar-refractivity contribution in [2.45, 2.75) is 17.1 Å². The molecule has 0 aliphatic rings. The summed E-state index contributed by atoms with van der Waals surface area (Å²) in [4.78, 5) is 11.7. The van der Waals surface area contributed by atoms with E-state index in [-0.39, 0.29) is 11.2 Å². The van der Waals surface area contributed by atoms with E-state index in [9.17, 15) is 4.79 Å². The van der Waals surface area contributed by atoms with Gasteiger partial charge >= 0.3 is 0 Å². The van der Waals surface area contributed by atoms with Gasteiger partial charge in [0.05, 0.1) is 5.25 Å². The van der Waals surface area contributed by atoms with E-state index in [1.807, 2.05) is 12.1 Å². The van der Waals surface area contributed by atoms with Crippen LogP contribution >= 0.6 is 23.4 Å². The van der Waals surface area contributed by atoms with Crippen molar-refractivity contribution < 1.29 is 4.79 Å². The largest absolute Gasteiger partial charge is 0.369 e. The molecule has 0 aliphatic heterocycles. The Balaban J connectivity index is 2.64. The number of rotatable bonds is 3. The van der Waals surface area contributed by atoms with Crippen LogP contribution in [0.15, 0.2) is 29.2 Å². The summed E-state index contributed by atoms with van der Waals surface area (Å²) in [6, 6.07) is 7.31. The highest BCUT2D eigenvalue weighted by Crippen LogP contribution is 2.24. The van der Waals surface area contributed by atoms with E-state index in [1.54, 1.807) is 19.1 Å². The summed E-state index contributed by atoms with van der Waals surface area (Å²) < 4.78 is 0. The Morgan fingerprint density at radius 3 is 2.46 bits per heavy atom. The number of benzene rings is 1. The van der Waals surface area contributed by atoms with Gasteiger partial charge in [0.1, 0.15) is 0 Å². The summed E-state index contributed by atoms with van der Waals surface area (Å²) in [7, 11) is 0. The Kier molecular flexibility index (Phi) is 3.63. The molecule has 0 unspecified atom stereocenters. The van der Waals surface area contributed by atoms with E-state index in [1.165, 1.54) is 11.8 Å². The lowest BCUT2D eigenvalue weighted by atomic mass is 10.4. The minimum Gasteiger partial charge on any atom is -0.369 e. The summed E-state index contributed by atoms with van der Waals surface area (Å²) in [5.41, 5.74) is 5.13. The van der Waals surface area contributed by atoms with Gasteiger partial charge in [0.25, 0.3) is 0 Å². The number of carbonyl (C=O) groups is 1. The maximum absolute atomic E-state index is 10.7. The highest BCUT2D eigenvalue weighted by atomic mass is 35.5. The molecule has 0 spiro atoms. The van der Waals surface area contributed by atoms with Gasteiger partial charge in [-0.05, 0) is 31.2 Å². The lowest BCUT2D eigenvalue weighted by Crippen LogP contribution is -2.22. The van der Waals surface area contributed by atoms with Gasteiger partial charge in [-0.2, -0.15) is 0 Å². The number of halogens is 1. The quantitative estimate of drug-likeness (QED) is 0.787. The predicted molar refractivity (Wildman–Crippen MR) is 56.0 cm³/mol. The molecule has 1 amide bonds. The number of hydrogen-bond donors (Lipinski definition) is 1. The molecule has 0 radical (unpaired) electrons. The van der Waals surface area contributed by atoms with E-state index in [0.717, 1.165) is 4.90 Å². The maximum atomic E-state index is 10.7. The Morgan fingerprint density at radius 1 is 1.46 bits per heavy atom. The molecule has 4 heteroatoms. The van der Waals surface area contributed by atoms with E-state index in [2.05, 4.69) is 0 Å². The van der Waals surface area contributed by atoms with E-state index in [4.69, 9.17) is 17.3 Å². The molecule has 70 valence electrons. The minimum atomic E-state index is -0.306. The Bertz CT molecular complexity index is 299. The predicted octanol–water partition coefficient (Wildman–Crippen LogP) is 2.31. The van der Waals surface area contributed by atoms with E-state index < -0.39 is 0 Å². The van der Waals surface area contributed by atoms with Gasteiger partial charge in [0.15, 0.2) is 0 Å². The van der Waals surface area contributed by atoms with Crippen LogP contribution < -0.4 is 5.73 Å². The SMILES string of the molecule is C[C@@H](Sc1ccc(Cl)cc1)C(N)=O. The van der Waals surface area contributed by atoms with Crippen LogP contribution in [-0.4, -0.2) is 11.2 Å². The number of carbonyl (C=O) groups excluding carboxylic acids is 1. The smallest absolute Gasteiger partial charge is 0.230 e. The zero-order chi connectivity index (χ0) is 9.84. The van der Waals surface area contributed by atoms with Crippen molar-refractivity contribution in [2.75, 3.05) is 0 Å². The van der Waals surface area contributed by atoms with Crippen molar-refractivity contribution in [1.29, 1.82) is 0 Å². The first-order valence-electron chi connectivity index (χ1n) is 3.81. The molecular formula is C9H10ClNOS. The highest BCUT2D eigenvalue weighted by Gasteiger charge is 2.09. The summed E-state index contributed by atoms with van der Waals surface area (Å²) in [5.74, 6) is -0.306. The molecule has 2 N–H and O–H groups in total. The van der Waals surface area contributed by atoms with Crippen molar-refractivity contribution in [2.24, 2.45) is 5.73 Å². The molecule has 1 aromatic carbocycles. The molecule has 0 fully saturated rings. The second kappa shape index (κ2) is 4.53. The molecule has 0 aromatic heterocycles. The van der Waals surface area contributed by atoms with Gasteiger partial charge in [0.2, 0.25) is 5.91 Å². The van der Waals surface area contributed by atoms with Crippen LogP contribution in [0.1, 0.15) is 6.92 Å². The maximum Gasteiger partial charge on any atom is 0.230 e. The zero-order valence-electron chi connectivity index (χ0n) is 7.16. The van der Waals surface area contributed by atoms with Crippen LogP contribution in [0.25, 0.3) is 0 Å². The number of nitrogens with two attached hydrogens (primary N) is 1. The van der Waals surface area contributed by atoms with Crippen molar-refractivity contribution in [3.8, 4) is 0 Å². The fraction of sp³-hybridized carbons (Fsp3) is 0.222. The average molecular weight is 216 g/mol. The number of amides is 1. The fourth-order valence-corrected chi connectivity index (χ4v) is 1.72. The topological polar surface area (TPSA) is 43.1 Å². The number of primary amides is 1. The first kappa shape index (κ1) is 10.4. The van der Waals surface area contributed by atoms with Crippen LogP contribution in [-0.2, 0) is 4.79 Å². The third-order valence-electron chi connectivity index (χ3n) is 1.53. The molecular weight excluding hydrogens is 206 g/mol. The molecule has 0 aliphatic carbocycles. The van der Waals surface area contributed by atoms with Crippen LogP contribution in [0.5, 0.6) is 0 Å². The van der Waals surface area contributed by atoms with Crippen LogP contribution in [0.3, 0.4) is 0 Å². The summed E-state index contributed by atoms with van der Waals surface area (Å²) in [6.07, 6.45) is 0. The second-order valence-corrected chi connectivity index (χ2v) is 4.47. The van der Waals surface area contributed by atoms with Gasteiger partial charge < -0.3 is 5.73 Å². The van der Waals surface area contributed by atoms with Gasteiger partial charge in [-0.15, -0.1) is 11.8 Å². The lowest BCUT2D eigenvalue weighted by Gasteiger charge is -2.06. The van der Waals surface area contributed by atoms with Crippen molar-refractivity contribution in [3.63, 3.8) is 0 Å². The Hall–Kier alpha value is -0.670. The first-order valence-corrected chi connectivity index (χ1v) is 5.07. The number of thioether (sulfide) groups is 1.